The van der Waals surface area contributed by atoms with Crippen LogP contribution < -0.4 is 16.2 Å². The first-order chi connectivity index (χ1) is 15.0. The number of carbonyl (C=O) groups is 3. The van der Waals surface area contributed by atoms with E-state index in [1.54, 1.807) is 24.3 Å². The van der Waals surface area contributed by atoms with E-state index in [0.717, 1.165) is 12.8 Å². The second kappa shape index (κ2) is 13.4. The van der Waals surface area contributed by atoms with Crippen molar-refractivity contribution in [3.63, 3.8) is 0 Å². The predicted molar refractivity (Wildman–Crippen MR) is 122 cm³/mol. The lowest BCUT2D eigenvalue weighted by Crippen LogP contribution is -2.48. The van der Waals surface area contributed by atoms with Crippen molar-refractivity contribution in [3.05, 3.63) is 70.7 Å². The van der Waals surface area contributed by atoms with Crippen LogP contribution in [0.5, 0.6) is 0 Å². The Bertz CT molecular complexity index is 909. The van der Waals surface area contributed by atoms with Gasteiger partial charge in [-0.1, -0.05) is 54.1 Å². The molecule has 0 aromatic heterocycles. The summed E-state index contributed by atoms with van der Waals surface area (Å²) in [5.41, 5.74) is 6.26. The van der Waals surface area contributed by atoms with Crippen molar-refractivity contribution in [2.75, 3.05) is 6.61 Å². The molecule has 2 rings (SSSR count). The maximum Gasteiger partial charge on any atom is 0.305 e. The number of rotatable bonds is 9. The minimum Gasteiger partial charge on any atom is -0.466 e. The summed E-state index contributed by atoms with van der Waals surface area (Å²) in [6, 6.07) is 16.5. The van der Waals surface area contributed by atoms with Crippen molar-refractivity contribution in [3.8, 4) is 0 Å². The van der Waals surface area contributed by atoms with Crippen molar-refractivity contribution >= 4 is 46.7 Å². The molecule has 0 bridgehead atoms. The second-order valence-corrected chi connectivity index (χ2v) is 7.41. The van der Waals surface area contributed by atoms with Crippen LogP contribution in [0.4, 0.5) is 0 Å². The topological polar surface area (TPSA) is 96.5 Å². The Morgan fingerprint density at radius 3 is 2.35 bits per heavy atom. The van der Waals surface area contributed by atoms with E-state index in [1.165, 1.54) is 5.56 Å². The van der Waals surface area contributed by atoms with Crippen LogP contribution in [0.25, 0.3) is 0 Å². The van der Waals surface area contributed by atoms with Gasteiger partial charge in [-0.05, 0) is 49.2 Å². The van der Waals surface area contributed by atoms with E-state index < -0.39 is 5.91 Å². The summed E-state index contributed by atoms with van der Waals surface area (Å²) >= 11 is 10.9. The van der Waals surface area contributed by atoms with Crippen molar-refractivity contribution < 1.29 is 19.1 Å². The Kier molecular flexibility index (Phi) is 10.5. The lowest BCUT2D eigenvalue weighted by atomic mass is 10.1. The average molecular weight is 462 g/mol. The molecule has 31 heavy (non-hydrogen) atoms. The summed E-state index contributed by atoms with van der Waals surface area (Å²) in [6.07, 6.45) is 2.16. The summed E-state index contributed by atoms with van der Waals surface area (Å²) in [5, 5.41) is 2.66. The highest BCUT2D eigenvalue weighted by atomic mass is 35.5. The second-order valence-electron chi connectivity index (χ2n) is 6.60. The molecule has 2 aromatic carbocycles. The number of hydrogen-bond acceptors (Lipinski definition) is 5. The SMILES string of the molecule is O=C(CCCC(=O)OCCCc1ccccc1)NC(=S)NNC(=O)c1ccccc1Cl. The average Bonchev–Trinajstić information content (AvgIpc) is 2.76. The van der Waals surface area contributed by atoms with E-state index in [2.05, 4.69) is 16.2 Å². The molecule has 0 radical (unpaired) electrons. The van der Waals surface area contributed by atoms with Gasteiger partial charge < -0.3 is 10.1 Å². The first-order valence-electron chi connectivity index (χ1n) is 9.80. The van der Waals surface area contributed by atoms with Crippen LogP contribution in [-0.4, -0.2) is 29.5 Å². The third kappa shape index (κ3) is 9.59. The van der Waals surface area contributed by atoms with Crippen molar-refractivity contribution in [2.24, 2.45) is 0 Å². The molecule has 2 amide bonds. The number of ether oxygens (including phenoxy) is 1. The van der Waals surface area contributed by atoms with E-state index in [1.807, 2.05) is 30.3 Å². The minimum absolute atomic E-state index is 0.0612. The maximum atomic E-state index is 12.0. The summed E-state index contributed by atoms with van der Waals surface area (Å²) in [4.78, 5) is 35.7. The van der Waals surface area contributed by atoms with E-state index in [4.69, 9.17) is 28.6 Å². The van der Waals surface area contributed by atoms with Crippen LogP contribution in [0.1, 0.15) is 41.6 Å². The van der Waals surface area contributed by atoms with Crippen LogP contribution in [-0.2, 0) is 20.7 Å². The van der Waals surface area contributed by atoms with Crippen LogP contribution >= 0.6 is 23.8 Å². The molecule has 7 nitrogen and oxygen atoms in total. The minimum atomic E-state index is -0.489. The molecule has 3 N–H and O–H groups in total. The van der Waals surface area contributed by atoms with E-state index in [-0.39, 0.29) is 35.4 Å². The molecule has 0 saturated carbocycles. The fraction of sp³-hybridized carbons (Fsp3) is 0.273. The number of halogens is 1. The number of amides is 2. The molecule has 0 heterocycles. The molecule has 0 atom stereocenters. The van der Waals surface area contributed by atoms with Gasteiger partial charge in [0.05, 0.1) is 17.2 Å². The largest absolute Gasteiger partial charge is 0.466 e. The fourth-order valence-electron chi connectivity index (χ4n) is 2.62. The number of thiocarbonyl (C=S) groups is 1. The summed E-state index contributed by atoms with van der Waals surface area (Å²) in [6.45, 7) is 0.346. The zero-order valence-corrected chi connectivity index (χ0v) is 18.4. The Hall–Kier alpha value is -2.97. The van der Waals surface area contributed by atoms with Gasteiger partial charge >= 0.3 is 5.97 Å². The zero-order valence-electron chi connectivity index (χ0n) is 16.9. The Morgan fingerprint density at radius 1 is 0.903 bits per heavy atom. The number of hydrogen-bond donors (Lipinski definition) is 3. The highest BCUT2D eigenvalue weighted by Crippen LogP contribution is 2.14. The molecular weight excluding hydrogens is 438 g/mol. The highest BCUT2D eigenvalue weighted by Gasteiger charge is 2.11. The van der Waals surface area contributed by atoms with Crippen molar-refractivity contribution in [1.82, 2.24) is 16.2 Å². The van der Waals surface area contributed by atoms with Gasteiger partial charge in [0.2, 0.25) is 5.91 Å². The third-order valence-corrected chi connectivity index (χ3v) is 4.70. The first-order valence-corrected chi connectivity index (χ1v) is 10.6. The van der Waals surface area contributed by atoms with Gasteiger partial charge in [0.15, 0.2) is 5.11 Å². The van der Waals surface area contributed by atoms with E-state index in [9.17, 15) is 14.4 Å². The molecule has 0 fully saturated rings. The van der Waals surface area contributed by atoms with Gasteiger partial charge in [-0.25, -0.2) is 0 Å². The van der Waals surface area contributed by atoms with Gasteiger partial charge in [0.1, 0.15) is 0 Å². The standard InChI is InChI=1S/C22H24ClN3O4S/c23-18-12-5-4-11-17(18)21(29)25-26-22(31)24-19(27)13-6-14-20(28)30-15-7-10-16-8-2-1-3-9-16/h1-5,8-9,11-12H,6-7,10,13-15H2,(H,25,29)(H2,24,26,27,31). The molecule has 0 saturated heterocycles. The van der Waals surface area contributed by atoms with Crippen LogP contribution in [0.15, 0.2) is 54.6 Å². The van der Waals surface area contributed by atoms with Crippen LogP contribution in [0.2, 0.25) is 5.02 Å². The summed E-state index contributed by atoms with van der Waals surface area (Å²) in [7, 11) is 0. The van der Waals surface area contributed by atoms with Crippen molar-refractivity contribution in [1.29, 1.82) is 0 Å². The molecule has 0 aliphatic rings. The summed E-state index contributed by atoms with van der Waals surface area (Å²) < 4.78 is 5.18. The molecule has 9 heteroatoms. The Balaban J connectivity index is 1.54. The van der Waals surface area contributed by atoms with Gasteiger partial charge in [-0.15, -0.1) is 0 Å². The predicted octanol–water partition coefficient (Wildman–Crippen LogP) is 3.32. The quantitative estimate of drug-likeness (QED) is 0.229. The van der Waals surface area contributed by atoms with Gasteiger partial charge in [-0.2, -0.15) is 0 Å². The highest BCUT2D eigenvalue weighted by molar-refractivity contribution is 7.80. The number of aryl methyl sites for hydroxylation is 1. The molecule has 0 spiro atoms. The number of esters is 1. The van der Waals surface area contributed by atoms with Crippen LogP contribution in [0, 0.1) is 0 Å². The number of benzene rings is 2. The van der Waals surface area contributed by atoms with Gasteiger partial charge in [-0.3, -0.25) is 25.2 Å². The van der Waals surface area contributed by atoms with Gasteiger partial charge in [0.25, 0.3) is 5.91 Å². The molecule has 0 unspecified atom stereocenters. The monoisotopic (exact) mass is 461 g/mol. The molecule has 2 aromatic rings. The summed E-state index contributed by atoms with van der Waals surface area (Å²) in [5.74, 6) is -1.20. The lowest BCUT2D eigenvalue weighted by molar-refractivity contribution is -0.143. The van der Waals surface area contributed by atoms with Crippen LogP contribution in [0.3, 0.4) is 0 Å². The zero-order chi connectivity index (χ0) is 22.5. The fourth-order valence-corrected chi connectivity index (χ4v) is 3.01. The maximum absolute atomic E-state index is 12.0. The number of carbonyl (C=O) groups excluding carboxylic acids is 3. The first kappa shape index (κ1) is 24.3. The van der Waals surface area contributed by atoms with Gasteiger partial charge in [0, 0.05) is 12.8 Å². The smallest absolute Gasteiger partial charge is 0.305 e. The number of nitrogens with one attached hydrogen (secondary N) is 3. The van der Waals surface area contributed by atoms with E-state index >= 15 is 0 Å². The molecule has 0 aliphatic carbocycles. The molecule has 0 aliphatic heterocycles. The molecular formula is C22H24ClN3O4S. The molecule has 164 valence electrons. The number of hydrazine groups is 1. The normalized spacial score (nSPS) is 10.1. The lowest BCUT2D eigenvalue weighted by Gasteiger charge is -2.11. The van der Waals surface area contributed by atoms with Crippen molar-refractivity contribution in [2.45, 2.75) is 32.1 Å². The van der Waals surface area contributed by atoms with E-state index in [0.29, 0.717) is 18.1 Å². The Labute approximate surface area is 191 Å². The Morgan fingerprint density at radius 2 is 1.61 bits per heavy atom. The third-order valence-electron chi connectivity index (χ3n) is 4.16.